The molecule has 0 spiro atoms. The van der Waals surface area contributed by atoms with Crippen molar-refractivity contribution < 1.29 is 8.94 Å². The van der Waals surface area contributed by atoms with Crippen molar-refractivity contribution in [3.8, 4) is 0 Å². The molecular weight excluding hydrogens is 433 g/mol. The maximum Gasteiger partial charge on any atom is 0.226 e. The summed E-state index contributed by atoms with van der Waals surface area (Å²) in [6, 6.07) is 3.87. The Morgan fingerprint density at radius 3 is 2.76 bits per heavy atom. The van der Waals surface area contributed by atoms with Crippen LogP contribution in [0.4, 0.5) is 0 Å². The molecule has 2 aromatic heterocycles. The lowest BCUT2D eigenvalue weighted by Crippen LogP contribution is -2.38. The SMILES string of the molecule is CCNC(=NCCCc1nc(C(C)C)no1)NCCc1ccco1.I. The van der Waals surface area contributed by atoms with Gasteiger partial charge in [-0.15, -0.1) is 24.0 Å². The number of aryl methyl sites for hydroxylation is 1. The zero-order chi connectivity index (χ0) is 17.2. The van der Waals surface area contributed by atoms with Gasteiger partial charge in [-0.2, -0.15) is 4.98 Å². The van der Waals surface area contributed by atoms with Crippen LogP contribution < -0.4 is 10.6 Å². The van der Waals surface area contributed by atoms with Gasteiger partial charge in [0, 0.05) is 38.4 Å². The maximum absolute atomic E-state index is 5.32. The molecule has 0 unspecified atom stereocenters. The molecule has 0 aliphatic carbocycles. The first-order chi connectivity index (χ1) is 11.7. The molecule has 2 aromatic rings. The van der Waals surface area contributed by atoms with E-state index in [1.807, 2.05) is 12.1 Å². The van der Waals surface area contributed by atoms with E-state index in [0.717, 1.165) is 49.9 Å². The highest BCUT2D eigenvalue weighted by atomic mass is 127. The second kappa shape index (κ2) is 11.9. The summed E-state index contributed by atoms with van der Waals surface area (Å²) in [6.45, 7) is 8.46. The molecule has 2 N–H and O–H groups in total. The number of aromatic nitrogens is 2. The van der Waals surface area contributed by atoms with Crippen LogP contribution in [-0.2, 0) is 12.8 Å². The van der Waals surface area contributed by atoms with Crippen molar-refractivity contribution in [3.05, 3.63) is 35.9 Å². The number of guanidine groups is 1. The number of nitrogens with one attached hydrogen (secondary N) is 2. The van der Waals surface area contributed by atoms with Crippen LogP contribution in [0.2, 0.25) is 0 Å². The maximum atomic E-state index is 5.32. The minimum atomic E-state index is 0. The van der Waals surface area contributed by atoms with Gasteiger partial charge in [0.05, 0.1) is 6.26 Å². The number of aliphatic imine (C=N–C) groups is 1. The summed E-state index contributed by atoms with van der Waals surface area (Å²) < 4.78 is 10.6. The van der Waals surface area contributed by atoms with Crippen molar-refractivity contribution in [1.82, 2.24) is 20.8 Å². The Bertz CT molecular complexity index is 610. The van der Waals surface area contributed by atoms with E-state index in [0.29, 0.717) is 18.4 Å². The average molecular weight is 461 g/mol. The van der Waals surface area contributed by atoms with Crippen LogP contribution >= 0.6 is 24.0 Å². The number of rotatable bonds is 9. The molecule has 0 aromatic carbocycles. The van der Waals surface area contributed by atoms with Gasteiger partial charge in [0.25, 0.3) is 0 Å². The fourth-order valence-electron chi connectivity index (χ4n) is 2.13. The molecule has 25 heavy (non-hydrogen) atoms. The van der Waals surface area contributed by atoms with Gasteiger partial charge in [0.15, 0.2) is 11.8 Å². The van der Waals surface area contributed by atoms with E-state index in [2.05, 4.69) is 46.5 Å². The zero-order valence-electron chi connectivity index (χ0n) is 15.1. The summed E-state index contributed by atoms with van der Waals surface area (Å²) in [5.74, 6) is 3.53. The summed E-state index contributed by atoms with van der Waals surface area (Å²) >= 11 is 0. The molecule has 0 amide bonds. The van der Waals surface area contributed by atoms with Crippen LogP contribution in [0.25, 0.3) is 0 Å². The lowest BCUT2D eigenvalue weighted by atomic mass is 10.2. The first kappa shape index (κ1) is 21.5. The van der Waals surface area contributed by atoms with Gasteiger partial charge in [0.1, 0.15) is 5.76 Å². The van der Waals surface area contributed by atoms with Crippen molar-refractivity contribution >= 4 is 29.9 Å². The van der Waals surface area contributed by atoms with E-state index in [1.54, 1.807) is 6.26 Å². The number of hydrogen-bond acceptors (Lipinski definition) is 5. The van der Waals surface area contributed by atoms with E-state index in [1.165, 1.54) is 0 Å². The number of hydrogen-bond donors (Lipinski definition) is 2. The second-order valence-electron chi connectivity index (χ2n) is 5.82. The van der Waals surface area contributed by atoms with E-state index in [-0.39, 0.29) is 24.0 Å². The molecule has 0 radical (unpaired) electrons. The molecule has 8 heteroatoms. The number of furan rings is 1. The van der Waals surface area contributed by atoms with Gasteiger partial charge in [-0.25, -0.2) is 0 Å². The topological polar surface area (TPSA) is 88.5 Å². The third kappa shape index (κ3) is 7.89. The van der Waals surface area contributed by atoms with Gasteiger partial charge >= 0.3 is 0 Å². The van der Waals surface area contributed by atoms with E-state index in [4.69, 9.17) is 8.94 Å². The molecule has 7 nitrogen and oxygen atoms in total. The van der Waals surface area contributed by atoms with Crippen LogP contribution in [0.1, 0.15) is 50.6 Å². The first-order valence-corrected chi connectivity index (χ1v) is 8.56. The van der Waals surface area contributed by atoms with Crippen LogP contribution in [0.3, 0.4) is 0 Å². The fourth-order valence-corrected chi connectivity index (χ4v) is 2.13. The monoisotopic (exact) mass is 461 g/mol. The molecule has 0 atom stereocenters. The van der Waals surface area contributed by atoms with Crippen LogP contribution in [-0.4, -0.2) is 35.7 Å². The highest BCUT2D eigenvalue weighted by Crippen LogP contribution is 2.10. The average Bonchev–Trinajstić information content (AvgIpc) is 3.23. The van der Waals surface area contributed by atoms with Crippen molar-refractivity contribution in [3.63, 3.8) is 0 Å². The van der Waals surface area contributed by atoms with Crippen LogP contribution in [0.15, 0.2) is 32.3 Å². The fraction of sp³-hybridized carbons (Fsp3) is 0.588. The van der Waals surface area contributed by atoms with Crippen molar-refractivity contribution in [2.75, 3.05) is 19.6 Å². The lowest BCUT2D eigenvalue weighted by Gasteiger charge is -2.10. The van der Waals surface area contributed by atoms with E-state index >= 15 is 0 Å². The molecular formula is C17H28IN5O2. The molecule has 140 valence electrons. The molecule has 0 saturated heterocycles. The van der Waals surface area contributed by atoms with Crippen LogP contribution in [0, 0.1) is 0 Å². The quantitative estimate of drug-likeness (QED) is 0.258. The Morgan fingerprint density at radius 1 is 1.28 bits per heavy atom. The largest absolute Gasteiger partial charge is 0.469 e. The Kier molecular flexibility index (Phi) is 10.2. The Labute approximate surface area is 166 Å². The predicted molar refractivity (Wildman–Crippen MR) is 109 cm³/mol. The number of halogens is 1. The van der Waals surface area contributed by atoms with Gasteiger partial charge in [-0.05, 0) is 25.5 Å². The number of nitrogens with zero attached hydrogens (tertiary/aromatic N) is 3. The summed E-state index contributed by atoms with van der Waals surface area (Å²) in [4.78, 5) is 8.94. The smallest absolute Gasteiger partial charge is 0.226 e. The molecule has 0 aliphatic heterocycles. The van der Waals surface area contributed by atoms with E-state index in [9.17, 15) is 0 Å². The normalized spacial score (nSPS) is 11.4. The van der Waals surface area contributed by atoms with Gasteiger partial charge < -0.3 is 19.6 Å². The summed E-state index contributed by atoms with van der Waals surface area (Å²) in [6.07, 6.45) is 4.14. The van der Waals surface area contributed by atoms with Crippen molar-refractivity contribution in [2.24, 2.45) is 4.99 Å². The summed E-state index contributed by atoms with van der Waals surface area (Å²) in [5.41, 5.74) is 0. The van der Waals surface area contributed by atoms with Crippen molar-refractivity contribution in [2.45, 2.75) is 46.0 Å². The zero-order valence-corrected chi connectivity index (χ0v) is 17.4. The molecule has 2 heterocycles. The third-order valence-electron chi connectivity index (χ3n) is 3.41. The molecule has 0 bridgehead atoms. The third-order valence-corrected chi connectivity index (χ3v) is 3.41. The minimum Gasteiger partial charge on any atom is -0.469 e. The van der Waals surface area contributed by atoms with Gasteiger partial charge in [0.2, 0.25) is 5.89 Å². The highest BCUT2D eigenvalue weighted by molar-refractivity contribution is 14.0. The van der Waals surface area contributed by atoms with Crippen LogP contribution in [0.5, 0.6) is 0 Å². The second-order valence-corrected chi connectivity index (χ2v) is 5.82. The minimum absolute atomic E-state index is 0. The van der Waals surface area contributed by atoms with Crippen molar-refractivity contribution in [1.29, 1.82) is 0 Å². The Hall–Kier alpha value is -1.58. The van der Waals surface area contributed by atoms with E-state index < -0.39 is 0 Å². The molecule has 0 aliphatic rings. The first-order valence-electron chi connectivity index (χ1n) is 8.56. The molecule has 0 fully saturated rings. The standard InChI is InChI=1S/C17H27N5O2.HI/c1-4-18-17(20-11-9-14-7-6-12-23-14)19-10-5-8-15-21-16(13(2)3)22-24-15;/h6-7,12-13H,4-5,8-11H2,1-3H3,(H2,18,19,20);1H. The van der Waals surface area contributed by atoms with Gasteiger partial charge in [-0.1, -0.05) is 19.0 Å². The predicted octanol–water partition coefficient (Wildman–Crippen LogP) is 3.13. The molecule has 0 saturated carbocycles. The Morgan fingerprint density at radius 2 is 2.12 bits per heavy atom. The van der Waals surface area contributed by atoms with Gasteiger partial charge in [-0.3, -0.25) is 4.99 Å². The highest BCUT2D eigenvalue weighted by Gasteiger charge is 2.09. The Balaban J connectivity index is 0.00000312. The molecule has 2 rings (SSSR count). The summed E-state index contributed by atoms with van der Waals surface area (Å²) in [7, 11) is 0. The lowest BCUT2D eigenvalue weighted by molar-refractivity contribution is 0.369. The summed E-state index contributed by atoms with van der Waals surface area (Å²) in [5, 5.41) is 10.5.